The van der Waals surface area contributed by atoms with Gasteiger partial charge in [-0.3, -0.25) is 9.59 Å². The molecule has 7 heteroatoms. The molecule has 0 radical (unpaired) electrons. The first-order chi connectivity index (χ1) is 13.4. The Kier molecular flexibility index (Phi) is 6.54. The molecule has 1 N–H and O–H groups in total. The Morgan fingerprint density at radius 3 is 2.50 bits per heavy atom. The summed E-state index contributed by atoms with van der Waals surface area (Å²) in [5.41, 5.74) is 0.966. The molecule has 3 rings (SSSR count). The third kappa shape index (κ3) is 5.03. The molecule has 1 heterocycles. The maximum absolute atomic E-state index is 12.9. The lowest BCUT2D eigenvalue weighted by atomic mass is 10.1. The summed E-state index contributed by atoms with van der Waals surface area (Å²) in [4.78, 5) is 29.5. The average Bonchev–Trinajstić information content (AvgIpc) is 2.68. The monoisotopic (exact) mass is 401 g/mol. The summed E-state index contributed by atoms with van der Waals surface area (Å²) in [6, 6.07) is 13.9. The van der Waals surface area contributed by atoms with Crippen LogP contribution in [0.4, 0.5) is 5.69 Å². The molecule has 1 aliphatic rings. The Bertz CT molecular complexity index is 850. The van der Waals surface area contributed by atoms with E-state index in [1.807, 2.05) is 11.9 Å². The summed E-state index contributed by atoms with van der Waals surface area (Å²) in [6.07, 6.45) is -0.745. The minimum absolute atomic E-state index is 0.0765. The van der Waals surface area contributed by atoms with E-state index < -0.39 is 6.10 Å². The normalized spacial score (nSPS) is 15.8. The third-order valence-corrected chi connectivity index (χ3v) is 4.92. The molecule has 2 aromatic carbocycles. The van der Waals surface area contributed by atoms with E-state index in [2.05, 4.69) is 10.2 Å². The van der Waals surface area contributed by atoms with Crippen molar-refractivity contribution >= 4 is 29.1 Å². The maximum Gasteiger partial charge on any atom is 0.265 e. The molecule has 1 unspecified atom stereocenters. The van der Waals surface area contributed by atoms with Crippen LogP contribution in [0.5, 0.6) is 5.75 Å². The predicted molar refractivity (Wildman–Crippen MR) is 110 cm³/mol. The van der Waals surface area contributed by atoms with Crippen LogP contribution in [0.2, 0.25) is 5.02 Å². The number of hydrogen-bond donors (Lipinski definition) is 1. The van der Waals surface area contributed by atoms with Crippen molar-refractivity contribution in [3.8, 4) is 5.75 Å². The predicted octanol–water partition coefficient (Wildman–Crippen LogP) is 3.13. The van der Waals surface area contributed by atoms with Crippen molar-refractivity contribution in [1.82, 2.24) is 9.80 Å². The van der Waals surface area contributed by atoms with E-state index in [-0.39, 0.29) is 11.8 Å². The van der Waals surface area contributed by atoms with Crippen LogP contribution in [0.25, 0.3) is 0 Å². The highest BCUT2D eigenvalue weighted by atomic mass is 35.5. The number of para-hydroxylation sites is 1. The standard InChI is InChI=1S/C21H24ClN3O3/c1-15(28-17-7-5-6-16(22)14-17)20(26)23-19-9-4-3-8-18(19)21(27)25-12-10-24(2)11-13-25/h3-9,14-15H,10-13H2,1-2H3,(H,23,26). The highest BCUT2D eigenvalue weighted by Gasteiger charge is 2.24. The van der Waals surface area contributed by atoms with Crippen molar-refractivity contribution in [2.24, 2.45) is 0 Å². The second-order valence-corrected chi connectivity index (χ2v) is 7.28. The molecule has 1 atom stereocenters. The highest BCUT2D eigenvalue weighted by molar-refractivity contribution is 6.30. The van der Waals surface area contributed by atoms with Gasteiger partial charge in [-0.05, 0) is 44.3 Å². The SMILES string of the molecule is CC(Oc1cccc(Cl)c1)C(=O)Nc1ccccc1C(=O)N1CCN(C)CC1. The fourth-order valence-corrected chi connectivity index (χ4v) is 3.17. The zero-order chi connectivity index (χ0) is 20.1. The van der Waals surface area contributed by atoms with Gasteiger partial charge in [-0.2, -0.15) is 0 Å². The first-order valence-electron chi connectivity index (χ1n) is 9.24. The Morgan fingerprint density at radius 1 is 1.07 bits per heavy atom. The van der Waals surface area contributed by atoms with E-state index in [1.165, 1.54) is 0 Å². The summed E-state index contributed by atoms with van der Waals surface area (Å²) >= 11 is 5.95. The molecule has 1 aliphatic heterocycles. The zero-order valence-corrected chi connectivity index (χ0v) is 16.8. The molecule has 0 aliphatic carbocycles. The van der Waals surface area contributed by atoms with E-state index >= 15 is 0 Å². The molecule has 148 valence electrons. The smallest absolute Gasteiger partial charge is 0.265 e. The number of benzene rings is 2. The van der Waals surface area contributed by atoms with Gasteiger partial charge in [0.15, 0.2) is 6.10 Å². The number of rotatable bonds is 5. The van der Waals surface area contributed by atoms with Crippen LogP contribution in [0.15, 0.2) is 48.5 Å². The molecule has 0 bridgehead atoms. The molecular weight excluding hydrogens is 378 g/mol. The number of amides is 2. The fourth-order valence-electron chi connectivity index (χ4n) is 2.99. The molecule has 1 saturated heterocycles. The summed E-state index contributed by atoms with van der Waals surface area (Å²) in [5, 5.41) is 3.35. The Labute approximate surface area is 170 Å². The highest BCUT2D eigenvalue weighted by Crippen LogP contribution is 2.21. The van der Waals surface area contributed by atoms with Gasteiger partial charge in [0.25, 0.3) is 11.8 Å². The number of nitrogens with zero attached hydrogens (tertiary/aromatic N) is 2. The minimum atomic E-state index is -0.745. The zero-order valence-electron chi connectivity index (χ0n) is 16.0. The fraction of sp³-hybridized carbons (Fsp3) is 0.333. The topological polar surface area (TPSA) is 61.9 Å². The molecule has 0 spiro atoms. The number of hydrogen-bond acceptors (Lipinski definition) is 4. The lowest BCUT2D eigenvalue weighted by molar-refractivity contribution is -0.122. The van der Waals surface area contributed by atoms with E-state index in [4.69, 9.17) is 16.3 Å². The molecule has 6 nitrogen and oxygen atoms in total. The van der Waals surface area contributed by atoms with Crippen LogP contribution in [-0.2, 0) is 4.79 Å². The van der Waals surface area contributed by atoms with E-state index in [9.17, 15) is 9.59 Å². The van der Waals surface area contributed by atoms with Crippen molar-refractivity contribution in [2.75, 3.05) is 38.5 Å². The number of carbonyl (C=O) groups excluding carboxylic acids is 2. The first kappa shape index (κ1) is 20.2. The van der Waals surface area contributed by atoms with Gasteiger partial charge in [0.2, 0.25) is 0 Å². The first-order valence-corrected chi connectivity index (χ1v) is 9.62. The molecular formula is C21H24ClN3O3. The quantitative estimate of drug-likeness (QED) is 0.836. The number of nitrogens with one attached hydrogen (secondary N) is 1. The van der Waals surface area contributed by atoms with E-state index in [1.54, 1.807) is 55.5 Å². The lowest BCUT2D eigenvalue weighted by Gasteiger charge is -2.32. The summed E-state index contributed by atoms with van der Waals surface area (Å²) in [7, 11) is 2.04. The van der Waals surface area contributed by atoms with Gasteiger partial charge in [0.05, 0.1) is 11.3 Å². The van der Waals surface area contributed by atoms with Gasteiger partial charge in [-0.25, -0.2) is 0 Å². The summed E-state index contributed by atoms with van der Waals surface area (Å²) in [6.45, 7) is 4.68. The van der Waals surface area contributed by atoms with Crippen LogP contribution in [0.3, 0.4) is 0 Å². The largest absolute Gasteiger partial charge is 0.481 e. The van der Waals surface area contributed by atoms with Crippen LogP contribution in [0, 0.1) is 0 Å². The van der Waals surface area contributed by atoms with Gasteiger partial charge in [-0.1, -0.05) is 29.8 Å². The Hall–Kier alpha value is -2.57. The number of halogens is 1. The number of anilines is 1. The number of ether oxygens (including phenoxy) is 1. The van der Waals surface area contributed by atoms with Crippen molar-refractivity contribution in [1.29, 1.82) is 0 Å². The van der Waals surface area contributed by atoms with Gasteiger partial charge in [0.1, 0.15) is 5.75 Å². The van der Waals surface area contributed by atoms with Crippen LogP contribution in [0.1, 0.15) is 17.3 Å². The second-order valence-electron chi connectivity index (χ2n) is 6.85. The van der Waals surface area contributed by atoms with Crippen molar-refractivity contribution < 1.29 is 14.3 Å². The van der Waals surface area contributed by atoms with Gasteiger partial charge in [-0.15, -0.1) is 0 Å². The van der Waals surface area contributed by atoms with Crippen LogP contribution < -0.4 is 10.1 Å². The molecule has 28 heavy (non-hydrogen) atoms. The second kappa shape index (κ2) is 9.08. The van der Waals surface area contributed by atoms with Crippen LogP contribution in [-0.4, -0.2) is 60.9 Å². The van der Waals surface area contributed by atoms with Crippen molar-refractivity contribution in [3.63, 3.8) is 0 Å². The van der Waals surface area contributed by atoms with Crippen molar-refractivity contribution in [3.05, 3.63) is 59.1 Å². The summed E-state index contributed by atoms with van der Waals surface area (Å²) in [5.74, 6) is 0.1000. The molecule has 1 fully saturated rings. The molecule has 2 amide bonds. The number of carbonyl (C=O) groups is 2. The maximum atomic E-state index is 12.9. The lowest BCUT2D eigenvalue weighted by Crippen LogP contribution is -2.47. The van der Waals surface area contributed by atoms with Gasteiger partial charge in [0, 0.05) is 31.2 Å². The minimum Gasteiger partial charge on any atom is -0.481 e. The summed E-state index contributed by atoms with van der Waals surface area (Å²) < 4.78 is 5.66. The molecule has 2 aromatic rings. The number of likely N-dealkylation sites (N-methyl/N-ethyl adjacent to an activating group) is 1. The molecule has 0 aromatic heterocycles. The van der Waals surface area contributed by atoms with Gasteiger partial charge < -0.3 is 19.9 Å². The number of piperazine rings is 1. The Morgan fingerprint density at radius 2 is 1.79 bits per heavy atom. The third-order valence-electron chi connectivity index (χ3n) is 4.68. The van der Waals surface area contributed by atoms with E-state index in [0.29, 0.717) is 35.1 Å². The Balaban J connectivity index is 1.68. The van der Waals surface area contributed by atoms with Crippen LogP contribution >= 0.6 is 11.6 Å². The molecule has 0 saturated carbocycles. The van der Waals surface area contributed by atoms with E-state index in [0.717, 1.165) is 13.1 Å². The average molecular weight is 402 g/mol. The van der Waals surface area contributed by atoms with Crippen molar-refractivity contribution in [2.45, 2.75) is 13.0 Å². The van der Waals surface area contributed by atoms with Gasteiger partial charge >= 0.3 is 0 Å².